The lowest BCUT2D eigenvalue weighted by atomic mass is 9.99. The van der Waals surface area contributed by atoms with Crippen molar-refractivity contribution in [3.63, 3.8) is 0 Å². The minimum Gasteiger partial charge on any atom is -0.394 e. The molecule has 20 heavy (non-hydrogen) atoms. The third kappa shape index (κ3) is 4.05. The number of aliphatic hydroxyl groups excluding tert-OH is 1. The molecule has 0 spiro atoms. The number of hydrogen-bond donors (Lipinski definition) is 2. The molecule has 1 saturated carbocycles. The van der Waals surface area contributed by atoms with E-state index in [4.69, 9.17) is 0 Å². The van der Waals surface area contributed by atoms with Gasteiger partial charge in [-0.3, -0.25) is 9.69 Å². The summed E-state index contributed by atoms with van der Waals surface area (Å²) in [4.78, 5) is 14.1. The van der Waals surface area contributed by atoms with Gasteiger partial charge in [0.2, 0.25) is 5.91 Å². The molecule has 0 aliphatic heterocycles. The molecule has 4 heteroatoms. The molecule has 0 unspecified atom stereocenters. The van der Waals surface area contributed by atoms with Crippen LogP contribution in [0.4, 0.5) is 0 Å². The fourth-order valence-corrected chi connectivity index (χ4v) is 2.91. The summed E-state index contributed by atoms with van der Waals surface area (Å²) < 4.78 is 0. The van der Waals surface area contributed by atoms with E-state index in [1.165, 1.54) is 5.56 Å². The number of carbonyl (C=O) groups excluding carboxylic acids is 1. The number of rotatable bonds is 6. The van der Waals surface area contributed by atoms with Crippen LogP contribution in [0.2, 0.25) is 0 Å². The Balaban J connectivity index is 1.82. The first kappa shape index (κ1) is 15.0. The van der Waals surface area contributed by atoms with Crippen LogP contribution in [0.1, 0.15) is 31.2 Å². The summed E-state index contributed by atoms with van der Waals surface area (Å²) in [6, 6.07) is 10.1. The Hall–Kier alpha value is -1.39. The summed E-state index contributed by atoms with van der Waals surface area (Å²) in [7, 11) is 1.94. The molecule has 1 amide bonds. The molecule has 2 rings (SSSR count). The van der Waals surface area contributed by atoms with Gasteiger partial charge in [-0.1, -0.05) is 43.2 Å². The van der Waals surface area contributed by atoms with Gasteiger partial charge in [0.25, 0.3) is 0 Å². The van der Waals surface area contributed by atoms with Crippen molar-refractivity contribution in [2.45, 2.75) is 37.8 Å². The van der Waals surface area contributed by atoms with Crippen LogP contribution in [-0.4, -0.2) is 41.7 Å². The fourth-order valence-electron chi connectivity index (χ4n) is 2.91. The molecule has 0 bridgehead atoms. The Kier molecular flexibility index (Phi) is 5.15. The highest BCUT2D eigenvalue weighted by Gasteiger charge is 2.34. The zero-order valence-corrected chi connectivity index (χ0v) is 12.1. The van der Waals surface area contributed by atoms with Crippen LogP contribution < -0.4 is 5.32 Å². The molecule has 0 aromatic heterocycles. The number of nitrogens with one attached hydrogen (secondary N) is 1. The Labute approximate surface area is 120 Å². The van der Waals surface area contributed by atoms with Crippen LogP contribution in [0.3, 0.4) is 0 Å². The van der Waals surface area contributed by atoms with Crippen molar-refractivity contribution in [1.29, 1.82) is 0 Å². The first-order chi connectivity index (χ1) is 9.63. The number of likely N-dealkylation sites (N-methyl/N-ethyl adjacent to an activating group) is 1. The molecule has 0 saturated heterocycles. The van der Waals surface area contributed by atoms with Gasteiger partial charge in [-0.05, 0) is 25.5 Å². The molecule has 0 radical (unpaired) electrons. The van der Waals surface area contributed by atoms with Gasteiger partial charge in [0.05, 0.1) is 18.7 Å². The summed E-state index contributed by atoms with van der Waals surface area (Å²) in [5.74, 6) is -0.000573. The lowest BCUT2D eigenvalue weighted by Gasteiger charge is -2.29. The highest BCUT2D eigenvalue weighted by atomic mass is 16.3. The molecular weight excluding hydrogens is 252 g/mol. The molecule has 110 valence electrons. The maximum atomic E-state index is 12.1. The number of amides is 1. The van der Waals surface area contributed by atoms with E-state index in [0.29, 0.717) is 6.54 Å². The minimum absolute atomic E-state index is 0.000573. The van der Waals surface area contributed by atoms with Gasteiger partial charge in [-0.25, -0.2) is 0 Å². The van der Waals surface area contributed by atoms with Crippen molar-refractivity contribution in [2.75, 3.05) is 20.2 Å². The molecule has 0 heterocycles. The zero-order valence-electron chi connectivity index (χ0n) is 12.1. The quantitative estimate of drug-likeness (QED) is 0.828. The Bertz CT molecular complexity index is 427. The standard InChI is InChI=1S/C16H24N2O2/c1-18(11-14-7-3-2-4-8-14)12-15(20)17-16(13-19)9-5-6-10-16/h2-4,7-8,19H,5-6,9-13H2,1H3,(H,17,20). The molecule has 4 nitrogen and oxygen atoms in total. The largest absolute Gasteiger partial charge is 0.394 e. The van der Waals surface area contributed by atoms with Crippen molar-refractivity contribution in [3.8, 4) is 0 Å². The second-order valence-electron chi connectivity index (χ2n) is 5.85. The molecule has 1 aliphatic carbocycles. The molecule has 1 aromatic carbocycles. The number of carbonyl (C=O) groups is 1. The van der Waals surface area contributed by atoms with Crippen molar-refractivity contribution < 1.29 is 9.90 Å². The Morgan fingerprint density at radius 1 is 1.30 bits per heavy atom. The van der Waals surface area contributed by atoms with Gasteiger partial charge >= 0.3 is 0 Å². The second-order valence-corrected chi connectivity index (χ2v) is 5.85. The first-order valence-corrected chi connectivity index (χ1v) is 7.28. The van der Waals surface area contributed by atoms with E-state index in [1.54, 1.807) is 0 Å². The van der Waals surface area contributed by atoms with E-state index >= 15 is 0 Å². The zero-order chi connectivity index (χ0) is 14.4. The highest BCUT2D eigenvalue weighted by Crippen LogP contribution is 2.28. The van der Waals surface area contributed by atoms with E-state index in [9.17, 15) is 9.90 Å². The maximum Gasteiger partial charge on any atom is 0.234 e. The van der Waals surface area contributed by atoms with Gasteiger partial charge in [0.15, 0.2) is 0 Å². The van der Waals surface area contributed by atoms with Crippen molar-refractivity contribution >= 4 is 5.91 Å². The third-order valence-electron chi connectivity index (χ3n) is 3.98. The van der Waals surface area contributed by atoms with Crippen LogP contribution in [0, 0.1) is 0 Å². The molecule has 1 aromatic rings. The fraction of sp³-hybridized carbons (Fsp3) is 0.562. The lowest BCUT2D eigenvalue weighted by Crippen LogP contribution is -2.51. The molecule has 1 aliphatic rings. The average Bonchev–Trinajstić information content (AvgIpc) is 2.88. The van der Waals surface area contributed by atoms with Crippen LogP contribution in [0.5, 0.6) is 0 Å². The van der Waals surface area contributed by atoms with Gasteiger partial charge in [0.1, 0.15) is 0 Å². The number of aliphatic hydroxyl groups is 1. The van der Waals surface area contributed by atoms with E-state index in [1.807, 2.05) is 30.1 Å². The average molecular weight is 276 g/mol. The number of nitrogens with zero attached hydrogens (tertiary/aromatic N) is 1. The topological polar surface area (TPSA) is 52.6 Å². The Morgan fingerprint density at radius 3 is 2.55 bits per heavy atom. The van der Waals surface area contributed by atoms with Crippen molar-refractivity contribution in [2.24, 2.45) is 0 Å². The van der Waals surface area contributed by atoms with Crippen LogP contribution >= 0.6 is 0 Å². The predicted molar refractivity (Wildman–Crippen MR) is 79.2 cm³/mol. The van der Waals surface area contributed by atoms with Gasteiger partial charge in [-0.15, -0.1) is 0 Å². The minimum atomic E-state index is -0.370. The summed E-state index contributed by atoms with van der Waals surface area (Å²) in [5.41, 5.74) is 0.825. The summed E-state index contributed by atoms with van der Waals surface area (Å²) in [5, 5.41) is 12.5. The maximum absolute atomic E-state index is 12.1. The van der Waals surface area contributed by atoms with E-state index < -0.39 is 0 Å². The summed E-state index contributed by atoms with van der Waals surface area (Å²) >= 11 is 0. The normalized spacial score (nSPS) is 17.4. The Morgan fingerprint density at radius 2 is 1.95 bits per heavy atom. The summed E-state index contributed by atoms with van der Waals surface area (Å²) in [6.07, 6.45) is 3.94. The van der Waals surface area contributed by atoms with Crippen LogP contribution in [0.15, 0.2) is 30.3 Å². The van der Waals surface area contributed by atoms with Crippen LogP contribution in [-0.2, 0) is 11.3 Å². The molecule has 0 atom stereocenters. The highest BCUT2D eigenvalue weighted by molar-refractivity contribution is 5.78. The molecule has 2 N–H and O–H groups in total. The summed E-state index contributed by atoms with van der Waals surface area (Å²) in [6.45, 7) is 1.15. The second kappa shape index (κ2) is 6.86. The number of hydrogen-bond acceptors (Lipinski definition) is 3. The van der Waals surface area contributed by atoms with Crippen molar-refractivity contribution in [3.05, 3.63) is 35.9 Å². The SMILES string of the molecule is CN(CC(=O)NC1(CO)CCCC1)Cc1ccccc1. The third-order valence-corrected chi connectivity index (χ3v) is 3.98. The molecular formula is C16H24N2O2. The van der Waals surface area contributed by atoms with Crippen molar-refractivity contribution in [1.82, 2.24) is 10.2 Å². The van der Waals surface area contributed by atoms with Gasteiger partial charge in [-0.2, -0.15) is 0 Å². The van der Waals surface area contributed by atoms with Gasteiger partial charge in [0, 0.05) is 6.54 Å². The van der Waals surface area contributed by atoms with Crippen LogP contribution in [0.25, 0.3) is 0 Å². The van der Waals surface area contributed by atoms with E-state index in [0.717, 1.165) is 32.2 Å². The van der Waals surface area contributed by atoms with E-state index in [-0.39, 0.29) is 18.1 Å². The number of benzene rings is 1. The molecule has 1 fully saturated rings. The van der Waals surface area contributed by atoms with E-state index in [2.05, 4.69) is 17.4 Å². The first-order valence-electron chi connectivity index (χ1n) is 7.28. The smallest absolute Gasteiger partial charge is 0.234 e. The predicted octanol–water partition coefficient (Wildman–Crippen LogP) is 1.54. The monoisotopic (exact) mass is 276 g/mol. The van der Waals surface area contributed by atoms with Gasteiger partial charge < -0.3 is 10.4 Å². The lowest BCUT2D eigenvalue weighted by molar-refractivity contribution is -0.124.